The van der Waals surface area contributed by atoms with Crippen molar-refractivity contribution in [2.24, 2.45) is 10.5 Å². The number of hydrogen-bond donors (Lipinski definition) is 2. The lowest BCUT2D eigenvalue weighted by atomic mass is 9.75. The fraction of sp³-hybridized carbons (Fsp3) is 0.357. The average Bonchev–Trinajstić information content (AvgIpc) is 3.14. The third kappa shape index (κ3) is 5.50. The standard InChI is InChI=1S/C28H33N3O3/c1-5-6-16-33-22-14-12-20(13-15-22)29-27(32)26-19(2)25-23(17-28(3,4)18-24(25)34-26)31-30-21-10-8-7-9-11-21/h7-15,30H,5-6,16-18H2,1-4H3,(H,29,32)/b31-23-. The first-order valence-electron chi connectivity index (χ1n) is 11.9. The summed E-state index contributed by atoms with van der Waals surface area (Å²) in [6.45, 7) is 9.13. The Morgan fingerprint density at radius 1 is 1.06 bits per heavy atom. The summed E-state index contributed by atoms with van der Waals surface area (Å²) in [7, 11) is 0. The molecule has 0 unspecified atom stereocenters. The summed E-state index contributed by atoms with van der Waals surface area (Å²) >= 11 is 0. The van der Waals surface area contributed by atoms with Crippen LogP contribution in [0.25, 0.3) is 0 Å². The number of amides is 1. The number of para-hydroxylation sites is 1. The van der Waals surface area contributed by atoms with Gasteiger partial charge in [0.05, 0.1) is 18.0 Å². The minimum absolute atomic E-state index is 0.0180. The van der Waals surface area contributed by atoms with Gasteiger partial charge in [0.25, 0.3) is 5.91 Å². The van der Waals surface area contributed by atoms with Crippen molar-refractivity contribution in [1.82, 2.24) is 0 Å². The second kappa shape index (κ2) is 10.2. The zero-order chi connectivity index (χ0) is 24.1. The van der Waals surface area contributed by atoms with Crippen LogP contribution in [0.3, 0.4) is 0 Å². The van der Waals surface area contributed by atoms with Gasteiger partial charge < -0.3 is 14.5 Å². The Hall–Kier alpha value is -3.54. The molecule has 6 nitrogen and oxygen atoms in total. The number of hydrazone groups is 1. The summed E-state index contributed by atoms with van der Waals surface area (Å²) in [6, 6.07) is 17.3. The van der Waals surface area contributed by atoms with E-state index in [0.717, 1.165) is 59.7 Å². The average molecular weight is 460 g/mol. The second-order valence-corrected chi connectivity index (χ2v) is 9.59. The molecule has 34 heavy (non-hydrogen) atoms. The maximum absolute atomic E-state index is 13.1. The van der Waals surface area contributed by atoms with Crippen LogP contribution >= 0.6 is 0 Å². The smallest absolute Gasteiger partial charge is 0.291 e. The second-order valence-electron chi connectivity index (χ2n) is 9.59. The van der Waals surface area contributed by atoms with Crippen LogP contribution in [-0.2, 0) is 6.42 Å². The lowest BCUT2D eigenvalue weighted by Gasteiger charge is -2.29. The summed E-state index contributed by atoms with van der Waals surface area (Å²) < 4.78 is 11.8. The van der Waals surface area contributed by atoms with Gasteiger partial charge in [0.1, 0.15) is 11.5 Å². The number of anilines is 2. The molecule has 3 aromatic rings. The molecule has 2 N–H and O–H groups in total. The third-order valence-electron chi connectivity index (χ3n) is 5.97. The summed E-state index contributed by atoms with van der Waals surface area (Å²) in [5, 5.41) is 7.66. The van der Waals surface area contributed by atoms with Crippen LogP contribution in [0.4, 0.5) is 11.4 Å². The number of rotatable bonds is 8. The number of nitrogens with one attached hydrogen (secondary N) is 2. The predicted molar refractivity (Wildman–Crippen MR) is 137 cm³/mol. The number of unbranched alkanes of at least 4 members (excludes halogenated alkanes) is 1. The third-order valence-corrected chi connectivity index (χ3v) is 5.97. The van der Waals surface area contributed by atoms with E-state index in [1.807, 2.05) is 61.5 Å². The van der Waals surface area contributed by atoms with Gasteiger partial charge in [-0.15, -0.1) is 0 Å². The maximum atomic E-state index is 13.1. The number of nitrogens with zero attached hydrogens (tertiary/aromatic N) is 1. The molecule has 178 valence electrons. The van der Waals surface area contributed by atoms with E-state index in [4.69, 9.17) is 14.3 Å². The number of fused-ring (bicyclic) bond motifs is 1. The van der Waals surface area contributed by atoms with E-state index in [2.05, 4.69) is 31.5 Å². The van der Waals surface area contributed by atoms with Gasteiger partial charge in [0.15, 0.2) is 5.76 Å². The lowest BCUT2D eigenvalue weighted by Crippen LogP contribution is -2.27. The van der Waals surface area contributed by atoms with Crippen molar-refractivity contribution in [3.05, 3.63) is 77.2 Å². The van der Waals surface area contributed by atoms with E-state index >= 15 is 0 Å². The highest BCUT2D eigenvalue weighted by Crippen LogP contribution is 2.39. The molecule has 2 aromatic carbocycles. The van der Waals surface area contributed by atoms with E-state index in [9.17, 15) is 4.79 Å². The molecule has 1 aliphatic rings. The molecule has 0 bridgehead atoms. The Kier molecular flexibility index (Phi) is 7.06. The highest BCUT2D eigenvalue weighted by atomic mass is 16.5. The number of furan rings is 1. The molecule has 0 saturated heterocycles. The minimum atomic E-state index is -0.264. The van der Waals surface area contributed by atoms with Gasteiger partial charge in [0.2, 0.25) is 0 Å². The van der Waals surface area contributed by atoms with Crippen LogP contribution in [0.15, 0.2) is 64.1 Å². The van der Waals surface area contributed by atoms with Gasteiger partial charge in [-0.05, 0) is 61.6 Å². The first-order valence-corrected chi connectivity index (χ1v) is 11.9. The van der Waals surface area contributed by atoms with Gasteiger partial charge in [0, 0.05) is 23.2 Å². The quantitative estimate of drug-likeness (QED) is 0.287. The molecule has 1 aliphatic carbocycles. The van der Waals surface area contributed by atoms with Crippen molar-refractivity contribution < 1.29 is 13.9 Å². The molecule has 0 atom stereocenters. The van der Waals surface area contributed by atoms with Crippen LogP contribution in [-0.4, -0.2) is 18.2 Å². The minimum Gasteiger partial charge on any atom is -0.494 e. The largest absolute Gasteiger partial charge is 0.494 e. The first-order chi connectivity index (χ1) is 16.4. The molecule has 0 saturated carbocycles. The van der Waals surface area contributed by atoms with E-state index in [1.165, 1.54) is 0 Å². The Labute approximate surface area is 201 Å². The van der Waals surface area contributed by atoms with Crippen molar-refractivity contribution >= 4 is 23.0 Å². The normalized spacial score (nSPS) is 15.6. The molecule has 0 radical (unpaired) electrons. The number of carbonyl (C=O) groups is 1. The molecule has 0 fully saturated rings. The van der Waals surface area contributed by atoms with Gasteiger partial charge in [-0.25, -0.2) is 0 Å². The van der Waals surface area contributed by atoms with Crippen LogP contribution < -0.4 is 15.5 Å². The Balaban J connectivity index is 1.54. The fourth-order valence-electron chi connectivity index (χ4n) is 4.23. The van der Waals surface area contributed by atoms with Crippen LogP contribution in [0.5, 0.6) is 5.75 Å². The molecule has 0 spiro atoms. The van der Waals surface area contributed by atoms with E-state index in [1.54, 1.807) is 0 Å². The summed E-state index contributed by atoms with van der Waals surface area (Å²) in [4.78, 5) is 13.1. The topological polar surface area (TPSA) is 75.9 Å². The van der Waals surface area contributed by atoms with E-state index in [0.29, 0.717) is 18.1 Å². The Morgan fingerprint density at radius 2 is 1.79 bits per heavy atom. The summed E-state index contributed by atoms with van der Waals surface area (Å²) in [6.07, 6.45) is 3.65. The zero-order valence-corrected chi connectivity index (χ0v) is 20.4. The molecule has 0 aliphatic heterocycles. The molecule has 1 amide bonds. The number of carbonyl (C=O) groups excluding carboxylic acids is 1. The summed E-state index contributed by atoms with van der Waals surface area (Å²) in [5.74, 6) is 1.68. The van der Waals surface area contributed by atoms with Crippen LogP contribution in [0, 0.1) is 12.3 Å². The molecular formula is C28H33N3O3. The van der Waals surface area contributed by atoms with E-state index < -0.39 is 0 Å². The molecule has 1 aromatic heterocycles. The van der Waals surface area contributed by atoms with Gasteiger partial charge in [-0.2, -0.15) is 5.10 Å². The SMILES string of the molecule is CCCCOc1ccc(NC(=O)c2oc3c(c2C)/C(=N\Nc2ccccc2)CC(C)(C)C3)cc1. The summed E-state index contributed by atoms with van der Waals surface area (Å²) in [5.41, 5.74) is 7.41. The number of hydrogen-bond acceptors (Lipinski definition) is 5. The monoisotopic (exact) mass is 459 g/mol. The van der Waals surface area contributed by atoms with E-state index in [-0.39, 0.29) is 11.3 Å². The first kappa shape index (κ1) is 23.6. The van der Waals surface area contributed by atoms with Crippen molar-refractivity contribution in [3.8, 4) is 5.75 Å². The van der Waals surface area contributed by atoms with Crippen molar-refractivity contribution in [1.29, 1.82) is 0 Å². The maximum Gasteiger partial charge on any atom is 0.291 e. The molecule has 1 heterocycles. The van der Waals surface area contributed by atoms with Gasteiger partial charge in [-0.1, -0.05) is 45.4 Å². The van der Waals surface area contributed by atoms with Crippen molar-refractivity contribution in [3.63, 3.8) is 0 Å². The highest BCUT2D eigenvalue weighted by Gasteiger charge is 2.36. The molecule has 4 rings (SSSR count). The van der Waals surface area contributed by atoms with Crippen molar-refractivity contribution in [2.45, 2.75) is 53.4 Å². The van der Waals surface area contributed by atoms with Gasteiger partial charge in [-0.3, -0.25) is 10.2 Å². The van der Waals surface area contributed by atoms with Gasteiger partial charge >= 0.3 is 0 Å². The Bertz CT molecular complexity index is 1160. The lowest BCUT2D eigenvalue weighted by molar-refractivity contribution is 0.0993. The van der Waals surface area contributed by atoms with Crippen molar-refractivity contribution in [2.75, 3.05) is 17.3 Å². The zero-order valence-electron chi connectivity index (χ0n) is 20.4. The fourth-order valence-corrected chi connectivity index (χ4v) is 4.23. The van der Waals surface area contributed by atoms with Crippen LogP contribution in [0.1, 0.15) is 67.5 Å². The molecule has 6 heteroatoms. The predicted octanol–water partition coefficient (Wildman–Crippen LogP) is 6.81. The highest BCUT2D eigenvalue weighted by molar-refractivity contribution is 6.09. The number of ether oxygens (including phenoxy) is 1. The molecular weight excluding hydrogens is 426 g/mol. The number of benzene rings is 2. The van der Waals surface area contributed by atoms with Crippen LogP contribution in [0.2, 0.25) is 0 Å². The Morgan fingerprint density at radius 3 is 2.50 bits per heavy atom.